The summed E-state index contributed by atoms with van der Waals surface area (Å²) in [7, 11) is 0. The predicted molar refractivity (Wildman–Crippen MR) is 113 cm³/mol. The molecule has 0 radical (unpaired) electrons. The van der Waals surface area contributed by atoms with Crippen molar-refractivity contribution >= 4 is 6.34 Å². The van der Waals surface area contributed by atoms with E-state index >= 15 is 0 Å². The Labute approximate surface area is 159 Å². The standard InChI is InChI=1S/C22H24N2.C2H6/c1-4-19-5-7-20(8-6-19)9-10-21-11-12-22(17(2)13-21)15-24-14-18(3)23-16-24;1-2/h5-8,11-13,16,18H,4,14-15H2,1-3H3;1-2H3. The highest BCUT2D eigenvalue weighted by Crippen LogP contribution is 2.15. The van der Waals surface area contributed by atoms with E-state index in [1.165, 1.54) is 16.7 Å². The molecule has 0 fully saturated rings. The molecule has 1 atom stereocenters. The molecule has 2 aromatic carbocycles. The Morgan fingerprint density at radius 1 is 1.04 bits per heavy atom. The second-order valence-electron chi connectivity index (χ2n) is 6.48. The van der Waals surface area contributed by atoms with Crippen LogP contribution in [0.2, 0.25) is 0 Å². The zero-order chi connectivity index (χ0) is 18.9. The predicted octanol–water partition coefficient (Wildman–Crippen LogP) is 5.22. The third-order valence-electron chi connectivity index (χ3n) is 4.41. The van der Waals surface area contributed by atoms with E-state index in [0.717, 1.165) is 30.6 Å². The van der Waals surface area contributed by atoms with Crippen molar-refractivity contribution in [3.8, 4) is 11.8 Å². The van der Waals surface area contributed by atoms with Crippen LogP contribution >= 0.6 is 0 Å². The first kappa shape index (κ1) is 19.8. The van der Waals surface area contributed by atoms with E-state index in [2.05, 4.69) is 85.0 Å². The summed E-state index contributed by atoms with van der Waals surface area (Å²) in [6, 6.07) is 15.4. The average molecular weight is 347 g/mol. The molecule has 0 N–H and O–H groups in total. The molecule has 0 saturated carbocycles. The van der Waals surface area contributed by atoms with Crippen LogP contribution < -0.4 is 0 Å². The molecule has 2 nitrogen and oxygen atoms in total. The number of hydrogen-bond acceptors (Lipinski definition) is 2. The summed E-state index contributed by atoms with van der Waals surface area (Å²) in [5, 5.41) is 0. The Morgan fingerprint density at radius 2 is 1.69 bits per heavy atom. The summed E-state index contributed by atoms with van der Waals surface area (Å²) in [5.74, 6) is 6.53. The van der Waals surface area contributed by atoms with Crippen molar-refractivity contribution < 1.29 is 0 Å². The number of rotatable bonds is 3. The zero-order valence-electron chi connectivity index (χ0n) is 16.7. The molecule has 2 aromatic rings. The minimum absolute atomic E-state index is 0.412. The van der Waals surface area contributed by atoms with Gasteiger partial charge in [-0.2, -0.15) is 0 Å². The summed E-state index contributed by atoms with van der Waals surface area (Å²) in [4.78, 5) is 6.69. The van der Waals surface area contributed by atoms with Gasteiger partial charge in [-0.3, -0.25) is 4.99 Å². The highest BCUT2D eigenvalue weighted by Gasteiger charge is 2.13. The van der Waals surface area contributed by atoms with E-state index in [0.29, 0.717) is 6.04 Å². The minimum atomic E-state index is 0.412. The molecule has 0 spiro atoms. The van der Waals surface area contributed by atoms with Gasteiger partial charge in [0.25, 0.3) is 0 Å². The molecule has 0 saturated heterocycles. The minimum Gasteiger partial charge on any atom is -0.356 e. The highest BCUT2D eigenvalue weighted by atomic mass is 15.2. The van der Waals surface area contributed by atoms with Gasteiger partial charge in [0, 0.05) is 24.2 Å². The molecule has 0 bridgehead atoms. The molecule has 1 aliphatic heterocycles. The Bertz CT molecular complexity index is 791. The van der Waals surface area contributed by atoms with Gasteiger partial charge in [-0.15, -0.1) is 0 Å². The number of aryl methyl sites for hydroxylation is 2. The molecule has 136 valence electrons. The smallest absolute Gasteiger partial charge is 0.0857 e. The van der Waals surface area contributed by atoms with Crippen molar-refractivity contribution in [3.05, 3.63) is 70.3 Å². The lowest BCUT2D eigenvalue weighted by molar-refractivity contribution is 0.433. The van der Waals surface area contributed by atoms with Gasteiger partial charge < -0.3 is 4.90 Å². The van der Waals surface area contributed by atoms with Gasteiger partial charge in [0.1, 0.15) is 0 Å². The molecule has 1 aliphatic rings. The number of nitrogens with zero attached hydrogens (tertiary/aromatic N) is 2. The molecule has 26 heavy (non-hydrogen) atoms. The fourth-order valence-electron chi connectivity index (χ4n) is 2.89. The quantitative estimate of drug-likeness (QED) is 0.696. The fourth-order valence-corrected chi connectivity index (χ4v) is 2.89. The lowest BCUT2D eigenvalue weighted by atomic mass is 10.0. The fraction of sp³-hybridized carbons (Fsp3) is 0.375. The normalized spacial score (nSPS) is 15.1. The van der Waals surface area contributed by atoms with Crippen LogP contribution in [0.1, 0.15) is 55.5 Å². The summed E-state index contributed by atoms with van der Waals surface area (Å²) in [6.45, 7) is 12.4. The maximum Gasteiger partial charge on any atom is 0.0857 e. The lowest BCUT2D eigenvalue weighted by Crippen LogP contribution is -2.22. The molecule has 2 heteroatoms. The third-order valence-corrected chi connectivity index (χ3v) is 4.41. The van der Waals surface area contributed by atoms with Gasteiger partial charge in [-0.25, -0.2) is 0 Å². The van der Waals surface area contributed by atoms with Gasteiger partial charge in [0.15, 0.2) is 0 Å². The summed E-state index contributed by atoms with van der Waals surface area (Å²) in [6.07, 6.45) is 3.03. The maximum atomic E-state index is 4.41. The number of hydrogen-bond donors (Lipinski definition) is 0. The molecule has 1 heterocycles. The molecular weight excluding hydrogens is 316 g/mol. The average Bonchev–Trinajstić information content (AvgIpc) is 3.09. The Balaban J connectivity index is 0.00000117. The van der Waals surface area contributed by atoms with Crippen molar-refractivity contribution in [1.82, 2.24) is 4.90 Å². The summed E-state index contributed by atoms with van der Waals surface area (Å²) < 4.78 is 0. The van der Waals surface area contributed by atoms with Crippen LogP contribution in [0.5, 0.6) is 0 Å². The Hall–Kier alpha value is -2.53. The lowest BCUT2D eigenvalue weighted by Gasteiger charge is -2.16. The van der Waals surface area contributed by atoms with Crippen LogP contribution in [-0.2, 0) is 13.0 Å². The van der Waals surface area contributed by atoms with Crippen LogP contribution in [-0.4, -0.2) is 23.8 Å². The van der Waals surface area contributed by atoms with Crippen LogP contribution in [0.15, 0.2) is 47.5 Å². The molecule has 3 rings (SSSR count). The molecule has 0 amide bonds. The van der Waals surface area contributed by atoms with Gasteiger partial charge in [-0.05, 0) is 61.2 Å². The Morgan fingerprint density at radius 3 is 2.27 bits per heavy atom. The van der Waals surface area contributed by atoms with E-state index in [1.54, 1.807) is 0 Å². The van der Waals surface area contributed by atoms with Crippen LogP contribution in [0.25, 0.3) is 0 Å². The number of benzene rings is 2. The largest absolute Gasteiger partial charge is 0.356 e. The zero-order valence-corrected chi connectivity index (χ0v) is 16.7. The van der Waals surface area contributed by atoms with Crippen molar-refractivity contribution in [2.75, 3.05) is 6.54 Å². The first-order chi connectivity index (χ1) is 12.6. The van der Waals surface area contributed by atoms with E-state index in [4.69, 9.17) is 0 Å². The second kappa shape index (κ2) is 9.82. The Kier molecular flexibility index (Phi) is 7.48. The van der Waals surface area contributed by atoms with Crippen molar-refractivity contribution in [2.45, 2.75) is 53.6 Å². The first-order valence-electron chi connectivity index (χ1n) is 9.62. The van der Waals surface area contributed by atoms with Crippen LogP contribution in [0.3, 0.4) is 0 Å². The highest BCUT2D eigenvalue weighted by molar-refractivity contribution is 5.58. The van der Waals surface area contributed by atoms with Crippen LogP contribution in [0.4, 0.5) is 0 Å². The van der Waals surface area contributed by atoms with Crippen molar-refractivity contribution in [3.63, 3.8) is 0 Å². The summed E-state index contributed by atoms with van der Waals surface area (Å²) >= 11 is 0. The molecule has 0 aromatic heterocycles. The van der Waals surface area contributed by atoms with Gasteiger partial charge in [0.05, 0.1) is 12.4 Å². The molecule has 1 unspecified atom stereocenters. The number of aliphatic imine (C=N–C) groups is 1. The molecule has 0 aliphatic carbocycles. The van der Waals surface area contributed by atoms with Gasteiger partial charge >= 0.3 is 0 Å². The van der Waals surface area contributed by atoms with E-state index in [-0.39, 0.29) is 0 Å². The van der Waals surface area contributed by atoms with E-state index in [9.17, 15) is 0 Å². The third kappa shape index (κ3) is 5.49. The van der Waals surface area contributed by atoms with Crippen molar-refractivity contribution in [2.24, 2.45) is 4.99 Å². The van der Waals surface area contributed by atoms with Gasteiger partial charge in [0.2, 0.25) is 0 Å². The topological polar surface area (TPSA) is 15.6 Å². The van der Waals surface area contributed by atoms with Crippen molar-refractivity contribution in [1.29, 1.82) is 0 Å². The van der Waals surface area contributed by atoms with E-state index in [1.807, 2.05) is 20.2 Å². The maximum absolute atomic E-state index is 4.41. The first-order valence-corrected chi connectivity index (χ1v) is 9.62. The van der Waals surface area contributed by atoms with Crippen LogP contribution in [0, 0.1) is 18.8 Å². The summed E-state index contributed by atoms with van der Waals surface area (Å²) in [5.41, 5.74) is 6.11. The molecular formula is C24H30N2. The monoisotopic (exact) mass is 346 g/mol. The van der Waals surface area contributed by atoms with E-state index < -0.39 is 0 Å². The van der Waals surface area contributed by atoms with Gasteiger partial charge in [-0.1, -0.05) is 50.8 Å². The second-order valence-corrected chi connectivity index (χ2v) is 6.48. The SMILES string of the molecule is CC.CCc1ccc(C#Cc2ccc(CN3C=NC(C)C3)c(C)c2)cc1.